The predicted octanol–water partition coefficient (Wildman–Crippen LogP) is 7.90. The minimum atomic E-state index is -0.460. The van der Waals surface area contributed by atoms with Crippen LogP contribution in [0, 0.1) is 6.92 Å². The van der Waals surface area contributed by atoms with Crippen molar-refractivity contribution in [3.8, 4) is 0 Å². The van der Waals surface area contributed by atoms with Crippen LogP contribution in [-0.4, -0.2) is 28.5 Å². The number of carbonyl (C=O) groups excluding carboxylic acids is 3. The van der Waals surface area contributed by atoms with Crippen molar-refractivity contribution in [1.82, 2.24) is 10.3 Å². The van der Waals surface area contributed by atoms with E-state index in [-0.39, 0.29) is 23.3 Å². The van der Waals surface area contributed by atoms with Crippen molar-refractivity contribution >= 4 is 78.7 Å². The Morgan fingerprint density at radius 2 is 1.58 bits per heavy atom. The summed E-state index contributed by atoms with van der Waals surface area (Å²) in [4.78, 5) is 44.5. The van der Waals surface area contributed by atoms with E-state index in [2.05, 4.69) is 27.0 Å². The van der Waals surface area contributed by atoms with E-state index in [1.807, 2.05) is 79.7 Å². The van der Waals surface area contributed by atoms with Crippen LogP contribution in [0.4, 0.5) is 10.8 Å². The van der Waals surface area contributed by atoms with Gasteiger partial charge in [-0.15, -0.1) is 11.8 Å². The normalized spacial score (nSPS) is 11.4. The molecule has 3 amide bonds. The molecule has 0 aliphatic rings. The maximum Gasteiger partial charge on any atom is 0.272 e. The Balaban J connectivity index is 1.13. The molecule has 0 spiro atoms. The Morgan fingerprint density at radius 3 is 2.40 bits per heavy atom. The number of amides is 3. The molecule has 1 aromatic heterocycles. The van der Waals surface area contributed by atoms with E-state index in [0.717, 1.165) is 37.0 Å². The first-order valence-corrected chi connectivity index (χ1v) is 16.0. The van der Waals surface area contributed by atoms with E-state index in [4.69, 9.17) is 0 Å². The van der Waals surface area contributed by atoms with E-state index in [9.17, 15) is 14.4 Å². The quantitative estimate of drug-likeness (QED) is 0.112. The summed E-state index contributed by atoms with van der Waals surface area (Å²) in [5.74, 6) is -0.781. The van der Waals surface area contributed by atoms with Crippen LogP contribution < -0.4 is 16.0 Å². The summed E-state index contributed by atoms with van der Waals surface area (Å²) in [6.07, 6.45) is 1.69. The number of nitrogens with zero attached hydrogens (tertiary/aromatic N) is 1. The standard InChI is InChI=1S/C36H28N4O3S2/c1-23-14-19-30-32(20-23)45-36(39-30)40-33(41)22-44-28-17-15-27(16-18-28)37-35(43)31(38-34(42)25-9-3-2-4-10-25)21-26-12-7-11-24-8-5-6-13-29(24)26/h2-21H,22H2,1H3,(H,37,43)(H,38,42)(H,39,40,41)/b31-21-. The molecule has 0 saturated carbocycles. The molecule has 1 heterocycles. The van der Waals surface area contributed by atoms with Gasteiger partial charge in [0.15, 0.2) is 5.13 Å². The summed E-state index contributed by atoms with van der Waals surface area (Å²) in [5.41, 5.74) is 3.92. The Hall–Kier alpha value is -5.25. The second-order valence-electron chi connectivity index (χ2n) is 10.3. The lowest BCUT2D eigenvalue weighted by Gasteiger charge is -2.12. The maximum atomic E-state index is 13.5. The van der Waals surface area contributed by atoms with Gasteiger partial charge < -0.3 is 16.0 Å². The molecule has 0 aliphatic carbocycles. The number of hydrogen-bond donors (Lipinski definition) is 3. The highest BCUT2D eigenvalue weighted by molar-refractivity contribution is 8.00. The van der Waals surface area contributed by atoms with E-state index in [0.29, 0.717) is 16.4 Å². The van der Waals surface area contributed by atoms with Crippen LogP contribution in [0.25, 0.3) is 27.1 Å². The molecule has 7 nitrogen and oxygen atoms in total. The van der Waals surface area contributed by atoms with Gasteiger partial charge in [-0.3, -0.25) is 14.4 Å². The average molecular weight is 629 g/mol. The first kappa shape index (κ1) is 29.8. The van der Waals surface area contributed by atoms with E-state index < -0.39 is 5.91 Å². The summed E-state index contributed by atoms with van der Waals surface area (Å²) >= 11 is 2.83. The van der Waals surface area contributed by atoms with Crippen molar-refractivity contribution < 1.29 is 14.4 Å². The molecule has 45 heavy (non-hydrogen) atoms. The van der Waals surface area contributed by atoms with Gasteiger partial charge in [-0.25, -0.2) is 4.98 Å². The molecule has 3 N–H and O–H groups in total. The van der Waals surface area contributed by atoms with Crippen LogP contribution in [0.3, 0.4) is 0 Å². The third kappa shape index (κ3) is 7.46. The van der Waals surface area contributed by atoms with Gasteiger partial charge in [-0.1, -0.05) is 78.1 Å². The van der Waals surface area contributed by atoms with Crippen molar-refractivity contribution in [2.75, 3.05) is 16.4 Å². The molecular formula is C36H28N4O3S2. The zero-order valence-electron chi connectivity index (χ0n) is 24.2. The Bertz CT molecular complexity index is 2050. The average Bonchev–Trinajstić information content (AvgIpc) is 3.45. The summed E-state index contributed by atoms with van der Waals surface area (Å²) in [6.45, 7) is 2.02. The fourth-order valence-electron chi connectivity index (χ4n) is 4.70. The van der Waals surface area contributed by atoms with Gasteiger partial charge in [0.25, 0.3) is 11.8 Å². The monoisotopic (exact) mass is 628 g/mol. The van der Waals surface area contributed by atoms with Crippen molar-refractivity contribution in [2.24, 2.45) is 0 Å². The second-order valence-corrected chi connectivity index (χ2v) is 12.3. The number of aryl methyl sites for hydroxylation is 1. The lowest BCUT2D eigenvalue weighted by Crippen LogP contribution is -2.30. The van der Waals surface area contributed by atoms with Gasteiger partial charge in [0.1, 0.15) is 5.70 Å². The minimum Gasteiger partial charge on any atom is -0.321 e. The smallest absolute Gasteiger partial charge is 0.272 e. The number of carbonyl (C=O) groups is 3. The first-order valence-electron chi connectivity index (χ1n) is 14.2. The number of hydrogen-bond acceptors (Lipinski definition) is 6. The molecule has 9 heteroatoms. The highest BCUT2D eigenvalue weighted by atomic mass is 32.2. The van der Waals surface area contributed by atoms with Gasteiger partial charge in [-0.2, -0.15) is 0 Å². The Morgan fingerprint density at radius 1 is 0.822 bits per heavy atom. The van der Waals surface area contributed by atoms with Gasteiger partial charge in [-0.05, 0) is 83.4 Å². The molecule has 6 rings (SSSR count). The maximum absolute atomic E-state index is 13.5. The third-order valence-corrected chi connectivity index (χ3v) is 8.87. The zero-order valence-corrected chi connectivity index (χ0v) is 25.9. The number of benzene rings is 5. The third-order valence-electron chi connectivity index (χ3n) is 6.92. The van der Waals surface area contributed by atoms with Crippen LogP contribution in [-0.2, 0) is 9.59 Å². The Kier molecular flexibility index (Phi) is 9.00. The number of fused-ring (bicyclic) bond motifs is 2. The summed E-state index contributed by atoms with van der Waals surface area (Å²) in [7, 11) is 0. The number of rotatable bonds is 9. The van der Waals surface area contributed by atoms with Crippen LogP contribution in [0.15, 0.2) is 126 Å². The van der Waals surface area contributed by atoms with Gasteiger partial charge >= 0.3 is 0 Å². The van der Waals surface area contributed by atoms with Crippen LogP contribution in [0.5, 0.6) is 0 Å². The molecule has 222 valence electrons. The highest BCUT2D eigenvalue weighted by Gasteiger charge is 2.16. The molecule has 0 bridgehead atoms. The fourth-order valence-corrected chi connectivity index (χ4v) is 6.38. The van der Waals surface area contributed by atoms with E-state index in [1.165, 1.54) is 23.1 Å². The van der Waals surface area contributed by atoms with Crippen LogP contribution in [0.1, 0.15) is 21.5 Å². The summed E-state index contributed by atoms with van der Waals surface area (Å²) in [6, 6.07) is 35.7. The molecule has 5 aromatic carbocycles. The number of thioether (sulfide) groups is 1. The zero-order chi connectivity index (χ0) is 31.2. The van der Waals surface area contributed by atoms with Crippen molar-refractivity contribution in [3.63, 3.8) is 0 Å². The van der Waals surface area contributed by atoms with Crippen LogP contribution in [0.2, 0.25) is 0 Å². The lowest BCUT2D eigenvalue weighted by molar-refractivity contribution is -0.114. The number of aromatic nitrogens is 1. The molecule has 0 fully saturated rings. The number of nitrogens with one attached hydrogen (secondary N) is 3. The molecule has 0 atom stereocenters. The summed E-state index contributed by atoms with van der Waals surface area (Å²) < 4.78 is 1.03. The molecule has 0 radical (unpaired) electrons. The first-order chi connectivity index (χ1) is 21.9. The highest BCUT2D eigenvalue weighted by Crippen LogP contribution is 2.28. The summed E-state index contributed by atoms with van der Waals surface area (Å²) in [5, 5.41) is 11.1. The number of thiazole rings is 1. The lowest BCUT2D eigenvalue weighted by atomic mass is 10.0. The molecular weight excluding hydrogens is 601 g/mol. The predicted molar refractivity (Wildman–Crippen MR) is 185 cm³/mol. The van der Waals surface area contributed by atoms with Crippen molar-refractivity contribution in [2.45, 2.75) is 11.8 Å². The van der Waals surface area contributed by atoms with Crippen LogP contribution >= 0.6 is 23.1 Å². The largest absolute Gasteiger partial charge is 0.321 e. The van der Waals surface area contributed by atoms with Gasteiger partial charge in [0.05, 0.1) is 16.0 Å². The molecule has 0 unspecified atom stereocenters. The fraction of sp³-hybridized carbons (Fsp3) is 0.0556. The molecule has 6 aromatic rings. The van der Waals surface area contributed by atoms with Gasteiger partial charge in [0.2, 0.25) is 5.91 Å². The molecule has 0 aliphatic heterocycles. The van der Waals surface area contributed by atoms with Crippen molar-refractivity contribution in [3.05, 3.63) is 138 Å². The van der Waals surface area contributed by atoms with E-state index >= 15 is 0 Å². The Labute approximate surface area is 268 Å². The van der Waals surface area contributed by atoms with Gasteiger partial charge in [0, 0.05) is 16.1 Å². The number of anilines is 2. The van der Waals surface area contributed by atoms with E-state index in [1.54, 1.807) is 42.5 Å². The topological polar surface area (TPSA) is 100 Å². The van der Waals surface area contributed by atoms with Crippen molar-refractivity contribution in [1.29, 1.82) is 0 Å². The minimum absolute atomic E-state index is 0.111. The second kappa shape index (κ2) is 13.6. The molecule has 0 saturated heterocycles. The SMILES string of the molecule is Cc1ccc2nc(NC(=O)CSc3ccc(NC(=O)/C(=C/c4cccc5ccccc45)NC(=O)c4ccccc4)cc3)sc2c1.